The summed E-state index contributed by atoms with van der Waals surface area (Å²) in [5.74, 6) is -0.450. The number of allylic oxidation sites excluding steroid dienone is 1. The van der Waals surface area contributed by atoms with E-state index in [9.17, 15) is 14.4 Å². The molecule has 3 amide bonds. The minimum Gasteiger partial charge on any atom is -0.341 e. The lowest BCUT2D eigenvalue weighted by Crippen LogP contribution is -2.38. The molecular formula is C18H22N4O3S2. The normalized spacial score (nSPS) is 13.7. The van der Waals surface area contributed by atoms with Crippen LogP contribution in [0.1, 0.15) is 29.7 Å². The zero-order chi connectivity index (χ0) is 19.4. The Kier molecular flexibility index (Phi) is 6.33. The van der Waals surface area contributed by atoms with E-state index in [-0.39, 0.29) is 11.3 Å². The summed E-state index contributed by atoms with van der Waals surface area (Å²) in [5, 5.41) is 5.73. The van der Waals surface area contributed by atoms with Crippen LogP contribution in [-0.4, -0.2) is 34.3 Å². The van der Waals surface area contributed by atoms with E-state index in [1.807, 2.05) is 0 Å². The van der Waals surface area contributed by atoms with Crippen LogP contribution in [-0.2, 0) is 24.2 Å². The first kappa shape index (κ1) is 19.6. The summed E-state index contributed by atoms with van der Waals surface area (Å²) >= 11 is 2.73. The number of thiophene rings is 1. The molecule has 0 fully saturated rings. The summed E-state index contributed by atoms with van der Waals surface area (Å²) in [6, 6.07) is -0.561. The predicted molar refractivity (Wildman–Crippen MR) is 109 cm³/mol. The van der Waals surface area contributed by atoms with Gasteiger partial charge in [-0.2, -0.15) is 0 Å². The lowest BCUT2D eigenvalue weighted by Gasteiger charge is -2.10. The molecule has 0 aromatic carbocycles. The van der Waals surface area contributed by atoms with E-state index in [1.165, 1.54) is 18.3 Å². The molecule has 9 heteroatoms. The lowest BCUT2D eigenvalue weighted by molar-refractivity contribution is -0.117. The van der Waals surface area contributed by atoms with Crippen molar-refractivity contribution in [1.82, 2.24) is 20.2 Å². The number of aromatic nitrogens is 2. The van der Waals surface area contributed by atoms with Gasteiger partial charge in [0.25, 0.3) is 5.56 Å². The molecule has 2 heterocycles. The van der Waals surface area contributed by atoms with Crippen LogP contribution in [0.4, 0.5) is 4.79 Å². The number of fused-ring (bicyclic) bond motifs is 3. The van der Waals surface area contributed by atoms with Gasteiger partial charge in [-0.3, -0.25) is 19.5 Å². The van der Waals surface area contributed by atoms with E-state index in [1.54, 1.807) is 22.0 Å². The topological polar surface area (TPSA) is 93.1 Å². The number of hydrogen-bond donors (Lipinski definition) is 2. The molecule has 0 aliphatic heterocycles. The molecule has 2 N–H and O–H groups in total. The quantitative estimate of drug-likeness (QED) is 0.344. The van der Waals surface area contributed by atoms with Crippen molar-refractivity contribution >= 4 is 45.3 Å². The molecule has 0 atom stereocenters. The van der Waals surface area contributed by atoms with E-state index < -0.39 is 11.9 Å². The first-order valence-electron chi connectivity index (χ1n) is 8.85. The number of hydrogen-bond acceptors (Lipinski definition) is 6. The van der Waals surface area contributed by atoms with Gasteiger partial charge < -0.3 is 5.32 Å². The van der Waals surface area contributed by atoms with Crippen LogP contribution >= 0.6 is 23.1 Å². The van der Waals surface area contributed by atoms with Crippen LogP contribution in [0.3, 0.4) is 0 Å². The van der Waals surface area contributed by atoms with Crippen LogP contribution < -0.4 is 16.2 Å². The third-order valence-corrected chi connectivity index (χ3v) is 6.58. The maximum atomic E-state index is 13.2. The molecule has 144 valence electrons. The predicted octanol–water partition coefficient (Wildman–Crippen LogP) is 2.46. The summed E-state index contributed by atoms with van der Waals surface area (Å²) in [5.41, 5.74) is 1.07. The molecule has 1 aliphatic rings. The standard InChI is InChI=1S/C18H22N4O3S2/c1-3-9-22-16(24)14-11-7-5-4-6-8-12(11)27-15(14)21-18(22)26-10-13(23)20-17(25)19-2/h3H,1,4-10H2,2H3,(H2,19,20,23,25). The van der Waals surface area contributed by atoms with Crippen molar-refractivity contribution in [3.05, 3.63) is 33.4 Å². The Hall–Kier alpha value is -2.13. The molecule has 1 aliphatic carbocycles. The maximum absolute atomic E-state index is 13.2. The summed E-state index contributed by atoms with van der Waals surface area (Å²) in [6.45, 7) is 4.05. The molecule has 0 spiro atoms. The fraction of sp³-hybridized carbons (Fsp3) is 0.444. The van der Waals surface area contributed by atoms with E-state index in [0.29, 0.717) is 11.7 Å². The Labute approximate surface area is 165 Å². The van der Waals surface area contributed by atoms with Crippen molar-refractivity contribution in [1.29, 1.82) is 0 Å². The van der Waals surface area contributed by atoms with Crippen molar-refractivity contribution in [2.45, 2.75) is 43.8 Å². The number of urea groups is 1. The smallest absolute Gasteiger partial charge is 0.321 e. The van der Waals surface area contributed by atoms with Crippen LogP contribution in [0, 0.1) is 0 Å². The number of imide groups is 1. The average molecular weight is 407 g/mol. The SMILES string of the molecule is C=CCn1c(SCC(=O)NC(=O)NC)nc2sc3c(c2c1=O)CCCCC3. The Morgan fingerprint density at radius 1 is 1.33 bits per heavy atom. The highest BCUT2D eigenvalue weighted by Gasteiger charge is 2.21. The van der Waals surface area contributed by atoms with E-state index >= 15 is 0 Å². The van der Waals surface area contributed by atoms with Crippen LogP contribution in [0.2, 0.25) is 0 Å². The maximum Gasteiger partial charge on any atom is 0.321 e. The van der Waals surface area contributed by atoms with Gasteiger partial charge in [0.15, 0.2) is 5.16 Å². The summed E-state index contributed by atoms with van der Waals surface area (Å²) in [6.07, 6.45) is 6.98. The Bertz CT molecular complexity index is 948. The molecule has 0 saturated heterocycles. The second-order valence-electron chi connectivity index (χ2n) is 6.26. The molecular weight excluding hydrogens is 384 g/mol. The van der Waals surface area contributed by atoms with Crippen LogP contribution in [0.15, 0.2) is 22.6 Å². The highest BCUT2D eigenvalue weighted by atomic mass is 32.2. The highest BCUT2D eigenvalue weighted by Crippen LogP contribution is 2.34. The number of thioether (sulfide) groups is 1. The van der Waals surface area contributed by atoms with Crippen LogP contribution in [0.5, 0.6) is 0 Å². The largest absolute Gasteiger partial charge is 0.341 e. The van der Waals surface area contributed by atoms with Gasteiger partial charge in [0.1, 0.15) is 4.83 Å². The lowest BCUT2D eigenvalue weighted by atomic mass is 10.1. The fourth-order valence-electron chi connectivity index (χ4n) is 3.15. The van der Waals surface area contributed by atoms with Gasteiger partial charge in [-0.1, -0.05) is 24.3 Å². The Balaban J connectivity index is 1.96. The second kappa shape index (κ2) is 8.71. The van der Waals surface area contributed by atoms with E-state index in [0.717, 1.165) is 53.2 Å². The van der Waals surface area contributed by atoms with Crippen molar-refractivity contribution in [2.75, 3.05) is 12.8 Å². The highest BCUT2D eigenvalue weighted by molar-refractivity contribution is 7.99. The van der Waals surface area contributed by atoms with Crippen molar-refractivity contribution in [3.63, 3.8) is 0 Å². The summed E-state index contributed by atoms with van der Waals surface area (Å²) in [4.78, 5) is 42.9. The minimum atomic E-state index is -0.561. The number of nitrogens with zero attached hydrogens (tertiary/aromatic N) is 2. The number of carbonyl (C=O) groups is 2. The molecule has 3 rings (SSSR count). The zero-order valence-electron chi connectivity index (χ0n) is 15.2. The molecule has 0 saturated carbocycles. The monoisotopic (exact) mass is 406 g/mol. The fourth-order valence-corrected chi connectivity index (χ4v) is 5.26. The third kappa shape index (κ3) is 4.24. The van der Waals surface area contributed by atoms with Crippen LogP contribution in [0.25, 0.3) is 10.2 Å². The third-order valence-electron chi connectivity index (χ3n) is 4.41. The summed E-state index contributed by atoms with van der Waals surface area (Å²) < 4.78 is 1.56. The Morgan fingerprint density at radius 2 is 2.11 bits per heavy atom. The number of amides is 3. The molecule has 7 nitrogen and oxygen atoms in total. The van der Waals surface area contributed by atoms with Crippen molar-refractivity contribution in [2.24, 2.45) is 0 Å². The first-order chi connectivity index (χ1) is 13.0. The van der Waals surface area contributed by atoms with E-state index in [4.69, 9.17) is 0 Å². The van der Waals surface area contributed by atoms with E-state index in [2.05, 4.69) is 22.2 Å². The second-order valence-corrected chi connectivity index (χ2v) is 8.29. The summed E-state index contributed by atoms with van der Waals surface area (Å²) in [7, 11) is 1.44. The van der Waals surface area contributed by atoms with Gasteiger partial charge in [0, 0.05) is 18.5 Å². The molecule has 0 bridgehead atoms. The minimum absolute atomic E-state index is 0.00635. The van der Waals surface area contributed by atoms with Gasteiger partial charge in [0.2, 0.25) is 5.91 Å². The zero-order valence-corrected chi connectivity index (χ0v) is 16.8. The first-order valence-corrected chi connectivity index (χ1v) is 10.7. The molecule has 0 radical (unpaired) electrons. The molecule has 2 aromatic rings. The van der Waals surface area contributed by atoms with Gasteiger partial charge in [-0.05, 0) is 31.2 Å². The average Bonchev–Trinajstić information content (AvgIpc) is 2.83. The molecule has 0 unspecified atom stereocenters. The molecule has 2 aromatic heterocycles. The molecule has 27 heavy (non-hydrogen) atoms. The van der Waals surface area contributed by atoms with Crippen molar-refractivity contribution < 1.29 is 9.59 Å². The van der Waals surface area contributed by atoms with Gasteiger partial charge in [-0.25, -0.2) is 9.78 Å². The van der Waals surface area contributed by atoms with Gasteiger partial charge in [0.05, 0.1) is 11.1 Å². The number of carbonyl (C=O) groups excluding carboxylic acids is 2. The van der Waals surface area contributed by atoms with Gasteiger partial charge >= 0.3 is 6.03 Å². The Morgan fingerprint density at radius 3 is 2.85 bits per heavy atom. The number of rotatable bonds is 5. The van der Waals surface area contributed by atoms with Crippen molar-refractivity contribution in [3.8, 4) is 0 Å². The number of nitrogens with one attached hydrogen (secondary N) is 2. The number of aryl methyl sites for hydroxylation is 2. The van der Waals surface area contributed by atoms with Gasteiger partial charge in [-0.15, -0.1) is 17.9 Å².